The third kappa shape index (κ3) is 2.80. The molecular weight excluding hydrogens is 264 g/mol. The quantitative estimate of drug-likeness (QED) is 0.779. The van der Waals surface area contributed by atoms with E-state index in [4.69, 9.17) is 6.42 Å². The molecule has 3 rings (SSSR count). The Bertz CT molecular complexity index is 638. The minimum absolute atomic E-state index is 0.124. The molecule has 5 nitrogen and oxygen atoms in total. The van der Waals surface area contributed by atoms with Crippen LogP contribution in [0.4, 0.5) is 5.69 Å². The van der Waals surface area contributed by atoms with Crippen molar-refractivity contribution in [3.63, 3.8) is 0 Å². The van der Waals surface area contributed by atoms with Crippen LogP contribution in [-0.4, -0.2) is 23.1 Å². The van der Waals surface area contributed by atoms with Crippen LogP contribution in [0.15, 0.2) is 22.5 Å². The summed E-state index contributed by atoms with van der Waals surface area (Å²) in [6.07, 6.45) is 10.4. The molecule has 0 saturated heterocycles. The molecule has 1 aromatic rings. The van der Waals surface area contributed by atoms with Crippen molar-refractivity contribution in [1.29, 1.82) is 0 Å². The van der Waals surface area contributed by atoms with E-state index in [0.29, 0.717) is 19.3 Å². The topological polar surface area (TPSA) is 57.9 Å². The molecule has 0 atom stereocenters. The number of terminal acetylenes is 1. The average Bonchev–Trinajstić information content (AvgIpc) is 3.14. The predicted octanol–water partition coefficient (Wildman–Crippen LogP) is 2.63. The van der Waals surface area contributed by atoms with Gasteiger partial charge in [-0.15, -0.1) is 12.3 Å². The van der Waals surface area contributed by atoms with Gasteiger partial charge in [0.2, 0.25) is 5.91 Å². The van der Waals surface area contributed by atoms with E-state index in [1.807, 2.05) is 24.1 Å². The SMILES string of the molecule is C#CCCC1(CCC(=O)N2CCc3ncc(C)cc32)N=N1. The van der Waals surface area contributed by atoms with Gasteiger partial charge in [-0.25, -0.2) is 0 Å². The minimum atomic E-state index is -0.380. The van der Waals surface area contributed by atoms with Gasteiger partial charge in [-0.05, 0) is 18.6 Å². The first-order chi connectivity index (χ1) is 10.1. The summed E-state index contributed by atoms with van der Waals surface area (Å²) >= 11 is 0. The summed E-state index contributed by atoms with van der Waals surface area (Å²) in [6, 6.07) is 2.03. The van der Waals surface area contributed by atoms with E-state index in [2.05, 4.69) is 21.1 Å². The van der Waals surface area contributed by atoms with Gasteiger partial charge in [0.1, 0.15) is 0 Å². The fourth-order valence-electron chi connectivity index (χ4n) is 2.72. The van der Waals surface area contributed by atoms with Crippen molar-refractivity contribution in [2.75, 3.05) is 11.4 Å². The number of carbonyl (C=O) groups excluding carboxylic acids is 1. The minimum Gasteiger partial charge on any atom is -0.310 e. The Morgan fingerprint density at radius 2 is 2.29 bits per heavy atom. The van der Waals surface area contributed by atoms with Crippen LogP contribution in [0.1, 0.15) is 36.9 Å². The molecule has 0 N–H and O–H groups in total. The monoisotopic (exact) mass is 282 g/mol. The van der Waals surface area contributed by atoms with Gasteiger partial charge in [0.25, 0.3) is 0 Å². The fourth-order valence-corrected chi connectivity index (χ4v) is 2.72. The first kappa shape index (κ1) is 13.7. The van der Waals surface area contributed by atoms with E-state index in [9.17, 15) is 4.79 Å². The first-order valence-corrected chi connectivity index (χ1v) is 7.27. The second-order valence-corrected chi connectivity index (χ2v) is 5.66. The molecule has 0 fully saturated rings. The molecule has 0 saturated carbocycles. The van der Waals surface area contributed by atoms with Crippen molar-refractivity contribution in [2.24, 2.45) is 10.2 Å². The zero-order valence-corrected chi connectivity index (χ0v) is 12.2. The molecule has 0 aliphatic carbocycles. The number of nitrogens with zero attached hydrogens (tertiary/aromatic N) is 4. The van der Waals surface area contributed by atoms with Crippen molar-refractivity contribution < 1.29 is 4.79 Å². The van der Waals surface area contributed by atoms with Gasteiger partial charge < -0.3 is 4.90 Å². The molecule has 5 heteroatoms. The highest BCUT2D eigenvalue weighted by Crippen LogP contribution is 2.38. The van der Waals surface area contributed by atoms with Crippen LogP contribution in [0.2, 0.25) is 0 Å². The second kappa shape index (κ2) is 5.28. The lowest BCUT2D eigenvalue weighted by molar-refractivity contribution is -0.118. The van der Waals surface area contributed by atoms with Crippen LogP contribution >= 0.6 is 0 Å². The zero-order valence-electron chi connectivity index (χ0n) is 12.2. The highest BCUT2D eigenvalue weighted by atomic mass is 16.2. The molecule has 0 unspecified atom stereocenters. The van der Waals surface area contributed by atoms with Crippen molar-refractivity contribution in [1.82, 2.24) is 4.98 Å². The number of aromatic nitrogens is 1. The number of hydrogen-bond acceptors (Lipinski definition) is 4. The highest BCUT2D eigenvalue weighted by molar-refractivity contribution is 5.95. The number of aryl methyl sites for hydroxylation is 1. The molecule has 0 aromatic carbocycles. The van der Waals surface area contributed by atoms with E-state index < -0.39 is 0 Å². The average molecular weight is 282 g/mol. The second-order valence-electron chi connectivity index (χ2n) is 5.66. The Kier molecular flexibility index (Phi) is 3.46. The first-order valence-electron chi connectivity index (χ1n) is 7.27. The number of anilines is 1. The lowest BCUT2D eigenvalue weighted by Gasteiger charge is -2.18. The van der Waals surface area contributed by atoms with Crippen LogP contribution < -0.4 is 4.90 Å². The Balaban J connectivity index is 1.61. The molecule has 0 spiro atoms. The summed E-state index contributed by atoms with van der Waals surface area (Å²) in [6.45, 7) is 2.71. The maximum absolute atomic E-state index is 12.4. The van der Waals surface area contributed by atoms with Crippen LogP contribution in [0.3, 0.4) is 0 Å². The number of hydrogen-bond donors (Lipinski definition) is 0. The van der Waals surface area contributed by atoms with Crippen LogP contribution in [0.5, 0.6) is 0 Å². The number of rotatable bonds is 5. The Hall–Kier alpha value is -2.22. The van der Waals surface area contributed by atoms with Gasteiger partial charge in [0, 0.05) is 44.8 Å². The normalized spacial score (nSPS) is 17.4. The summed E-state index contributed by atoms with van der Waals surface area (Å²) in [5, 5.41) is 8.15. The van der Waals surface area contributed by atoms with Gasteiger partial charge in [-0.1, -0.05) is 0 Å². The molecule has 2 aliphatic rings. The van der Waals surface area contributed by atoms with Crippen LogP contribution in [0, 0.1) is 19.3 Å². The van der Waals surface area contributed by atoms with E-state index in [-0.39, 0.29) is 11.6 Å². The molecule has 0 bridgehead atoms. The molecule has 2 aliphatic heterocycles. The molecule has 21 heavy (non-hydrogen) atoms. The standard InChI is InChI=1S/C16H18N4O/c1-3-4-7-16(18-19-16)8-5-15(21)20-9-6-13-14(20)10-12(2)11-17-13/h1,10-11H,4-9H2,2H3. The summed E-state index contributed by atoms with van der Waals surface area (Å²) < 4.78 is 0. The molecular formula is C16H18N4O. The van der Waals surface area contributed by atoms with Crippen molar-refractivity contribution in [3.05, 3.63) is 23.5 Å². The van der Waals surface area contributed by atoms with Gasteiger partial charge in [0.15, 0.2) is 5.66 Å². The molecule has 1 aromatic heterocycles. The highest BCUT2D eigenvalue weighted by Gasteiger charge is 2.40. The maximum Gasteiger partial charge on any atom is 0.227 e. The van der Waals surface area contributed by atoms with Gasteiger partial charge in [-0.3, -0.25) is 9.78 Å². The Morgan fingerprint density at radius 3 is 3.00 bits per heavy atom. The van der Waals surface area contributed by atoms with Gasteiger partial charge in [-0.2, -0.15) is 10.2 Å². The summed E-state index contributed by atoms with van der Waals surface area (Å²) in [5.74, 6) is 2.73. The van der Waals surface area contributed by atoms with E-state index in [0.717, 1.165) is 36.3 Å². The number of carbonyl (C=O) groups is 1. The third-order valence-corrected chi connectivity index (χ3v) is 4.04. The number of pyridine rings is 1. The van der Waals surface area contributed by atoms with Crippen LogP contribution in [-0.2, 0) is 11.2 Å². The van der Waals surface area contributed by atoms with Gasteiger partial charge in [0.05, 0.1) is 11.4 Å². The summed E-state index contributed by atoms with van der Waals surface area (Å²) in [4.78, 5) is 18.7. The van der Waals surface area contributed by atoms with E-state index in [1.165, 1.54) is 0 Å². The summed E-state index contributed by atoms with van der Waals surface area (Å²) in [5.41, 5.74) is 2.67. The number of amides is 1. The molecule has 0 radical (unpaired) electrons. The predicted molar refractivity (Wildman–Crippen MR) is 79.9 cm³/mol. The third-order valence-electron chi connectivity index (χ3n) is 4.04. The van der Waals surface area contributed by atoms with Gasteiger partial charge >= 0.3 is 0 Å². The smallest absolute Gasteiger partial charge is 0.227 e. The molecule has 108 valence electrons. The fraction of sp³-hybridized carbons (Fsp3) is 0.500. The van der Waals surface area contributed by atoms with Crippen molar-refractivity contribution in [3.8, 4) is 12.3 Å². The Labute approximate surface area is 124 Å². The lowest BCUT2D eigenvalue weighted by atomic mass is 10.0. The van der Waals surface area contributed by atoms with Crippen molar-refractivity contribution in [2.45, 2.75) is 44.7 Å². The van der Waals surface area contributed by atoms with E-state index >= 15 is 0 Å². The van der Waals surface area contributed by atoms with E-state index in [1.54, 1.807) is 0 Å². The van der Waals surface area contributed by atoms with Crippen LogP contribution in [0.25, 0.3) is 0 Å². The maximum atomic E-state index is 12.4. The summed E-state index contributed by atoms with van der Waals surface area (Å²) in [7, 11) is 0. The lowest BCUT2D eigenvalue weighted by Crippen LogP contribution is -2.30. The zero-order chi connectivity index (χ0) is 14.9. The molecule has 3 heterocycles. The molecule has 1 amide bonds. The number of fused-ring (bicyclic) bond motifs is 1. The van der Waals surface area contributed by atoms with Crippen molar-refractivity contribution >= 4 is 11.6 Å². The largest absolute Gasteiger partial charge is 0.310 e. The Morgan fingerprint density at radius 1 is 1.48 bits per heavy atom.